The first-order valence-corrected chi connectivity index (χ1v) is 6.36. The third-order valence-electron chi connectivity index (χ3n) is 2.75. The van der Waals surface area contributed by atoms with E-state index in [0.717, 1.165) is 26.7 Å². The average Bonchev–Trinajstić information content (AvgIpc) is 2.47. The Kier molecular flexibility index (Phi) is 3.52. The molecule has 3 nitrogen and oxygen atoms in total. The zero-order chi connectivity index (χ0) is 12.0. The van der Waals surface area contributed by atoms with Crippen LogP contribution in [-0.2, 0) is 0 Å². The van der Waals surface area contributed by atoms with Crippen LogP contribution in [0.1, 0.15) is 4.88 Å². The summed E-state index contributed by atoms with van der Waals surface area (Å²) in [6.07, 6.45) is 1.71. The van der Waals surface area contributed by atoms with Crippen LogP contribution in [0.15, 0.2) is 24.4 Å². The van der Waals surface area contributed by atoms with Crippen LogP contribution in [0, 0.1) is 12.3 Å². The van der Waals surface area contributed by atoms with E-state index in [-0.39, 0.29) is 12.4 Å². The Morgan fingerprint density at radius 2 is 2.00 bits per heavy atom. The lowest BCUT2D eigenvalue weighted by molar-refractivity contribution is 1.31. The van der Waals surface area contributed by atoms with E-state index in [9.17, 15) is 0 Å². The third kappa shape index (κ3) is 1.96. The second-order valence-electron chi connectivity index (χ2n) is 3.92. The molecule has 0 amide bonds. The number of fused-ring (bicyclic) bond motifs is 3. The largest absolute Gasteiger partial charge is 0.358 e. The molecule has 3 N–H and O–H groups in total. The summed E-state index contributed by atoms with van der Waals surface area (Å²) in [6, 6.07) is 5.80. The van der Waals surface area contributed by atoms with Crippen molar-refractivity contribution in [3.63, 3.8) is 0 Å². The second kappa shape index (κ2) is 4.80. The van der Waals surface area contributed by atoms with Gasteiger partial charge in [-0.1, -0.05) is 23.1 Å². The van der Waals surface area contributed by atoms with Crippen molar-refractivity contribution in [2.24, 2.45) is 0 Å². The Labute approximate surface area is 119 Å². The molecule has 0 spiro atoms. The standard InChI is InChI=1S/C12H10ClN3S.ClH/c1-6-4-9-10(14)12-8(11(9)16-17-6)3-2-7(13)5-15-12;/h2-5,14-16H,1H3;1H. The first kappa shape index (κ1) is 13.2. The minimum absolute atomic E-state index is 0. The first-order chi connectivity index (χ1) is 8.16. The Hall–Kier alpha value is -1.23. The van der Waals surface area contributed by atoms with Gasteiger partial charge in [0.05, 0.1) is 21.4 Å². The van der Waals surface area contributed by atoms with Crippen LogP contribution in [0.2, 0.25) is 5.02 Å². The van der Waals surface area contributed by atoms with E-state index in [2.05, 4.69) is 9.36 Å². The van der Waals surface area contributed by atoms with Gasteiger partial charge in [0, 0.05) is 21.8 Å². The van der Waals surface area contributed by atoms with Crippen molar-refractivity contribution in [2.45, 2.75) is 6.92 Å². The smallest absolute Gasteiger partial charge is 0.0875 e. The van der Waals surface area contributed by atoms with Gasteiger partial charge in [-0.3, -0.25) is 5.41 Å². The minimum atomic E-state index is 0. The average molecular weight is 300 g/mol. The van der Waals surface area contributed by atoms with Gasteiger partial charge < -0.3 is 9.36 Å². The SMILES string of the molecule is Cc1cc2c(=N)c3[nH]cc(Cl)ccc3c2[nH]s1.Cl. The maximum absolute atomic E-state index is 8.17. The van der Waals surface area contributed by atoms with Gasteiger partial charge in [0.1, 0.15) is 0 Å². The summed E-state index contributed by atoms with van der Waals surface area (Å²) in [4.78, 5) is 4.25. The van der Waals surface area contributed by atoms with Gasteiger partial charge in [-0.2, -0.15) is 0 Å². The fourth-order valence-corrected chi connectivity index (χ4v) is 2.73. The Bertz CT molecular complexity index is 798. The molecule has 0 unspecified atom stereocenters. The van der Waals surface area contributed by atoms with Crippen molar-refractivity contribution in [2.75, 3.05) is 0 Å². The van der Waals surface area contributed by atoms with Gasteiger partial charge >= 0.3 is 0 Å². The zero-order valence-corrected chi connectivity index (χ0v) is 11.9. The molecule has 2 heterocycles. The fraction of sp³-hybridized carbons (Fsp3) is 0.0833. The molecular formula is C12H11Cl2N3S. The normalized spacial score (nSPS) is 10.6. The van der Waals surface area contributed by atoms with Crippen LogP contribution < -0.4 is 5.36 Å². The van der Waals surface area contributed by atoms with Crippen LogP contribution in [0.3, 0.4) is 0 Å². The van der Waals surface area contributed by atoms with E-state index in [1.165, 1.54) is 0 Å². The molecule has 6 heteroatoms. The maximum atomic E-state index is 8.17. The van der Waals surface area contributed by atoms with Gasteiger partial charge in [0.25, 0.3) is 0 Å². The second-order valence-corrected chi connectivity index (χ2v) is 5.41. The van der Waals surface area contributed by atoms with E-state index in [1.54, 1.807) is 17.7 Å². The van der Waals surface area contributed by atoms with Crippen LogP contribution in [-0.4, -0.2) is 9.36 Å². The number of hydrogen-bond acceptors (Lipinski definition) is 2. The molecule has 0 atom stereocenters. The lowest BCUT2D eigenvalue weighted by Crippen LogP contribution is -1.95. The van der Waals surface area contributed by atoms with E-state index >= 15 is 0 Å². The molecule has 94 valence electrons. The summed E-state index contributed by atoms with van der Waals surface area (Å²) in [5.74, 6) is 0. The highest BCUT2D eigenvalue weighted by Gasteiger charge is 2.07. The van der Waals surface area contributed by atoms with Crippen LogP contribution in [0.5, 0.6) is 0 Å². The van der Waals surface area contributed by atoms with Gasteiger partial charge in [0.15, 0.2) is 0 Å². The molecule has 3 rings (SSSR count). The number of aromatic nitrogens is 2. The molecule has 0 bridgehead atoms. The summed E-state index contributed by atoms with van der Waals surface area (Å²) in [6.45, 7) is 2.03. The summed E-state index contributed by atoms with van der Waals surface area (Å²) in [5.41, 5.74) is 1.80. The quantitative estimate of drug-likeness (QED) is 0.559. The fourth-order valence-electron chi connectivity index (χ4n) is 1.95. The number of rotatable bonds is 0. The molecule has 0 aliphatic rings. The summed E-state index contributed by atoms with van der Waals surface area (Å²) in [7, 11) is 0. The van der Waals surface area contributed by atoms with E-state index < -0.39 is 0 Å². The lowest BCUT2D eigenvalue weighted by Gasteiger charge is -1.92. The number of hydrogen-bond donors (Lipinski definition) is 3. The Morgan fingerprint density at radius 3 is 2.78 bits per heavy atom. The van der Waals surface area contributed by atoms with Gasteiger partial charge in [0.2, 0.25) is 0 Å². The van der Waals surface area contributed by atoms with Crippen LogP contribution in [0.25, 0.3) is 21.8 Å². The van der Waals surface area contributed by atoms with Gasteiger partial charge in [-0.05, 0) is 25.1 Å². The van der Waals surface area contributed by atoms with Crippen LogP contribution in [0.4, 0.5) is 0 Å². The van der Waals surface area contributed by atoms with Crippen molar-refractivity contribution in [3.8, 4) is 0 Å². The van der Waals surface area contributed by atoms with Crippen molar-refractivity contribution in [1.29, 1.82) is 5.41 Å². The predicted molar refractivity (Wildman–Crippen MR) is 79.7 cm³/mol. The molecule has 0 radical (unpaired) electrons. The number of aromatic amines is 2. The Morgan fingerprint density at radius 1 is 1.22 bits per heavy atom. The molecule has 0 fully saturated rings. The highest BCUT2D eigenvalue weighted by Crippen LogP contribution is 2.23. The van der Waals surface area contributed by atoms with Crippen molar-refractivity contribution >= 4 is 57.3 Å². The number of aryl methyl sites for hydroxylation is 1. The Balaban J connectivity index is 0.00000120. The molecule has 2 aromatic heterocycles. The summed E-state index contributed by atoms with van der Waals surface area (Å²) in [5, 5.41) is 11.2. The molecule has 1 aromatic carbocycles. The van der Waals surface area contributed by atoms with E-state index in [1.807, 2.05) is 25.1 Å². The molecule has 0 aliphatic heterocycles. The van der Waals surface area contributed by atoms with Crippen molar-refractivity contribution in [1.82, 2.24) is 9.36 Å². The highest BCUT2D eigenvalue weighted by atomic mass is 35.5. The zero-order valence-electron chi connectivity index (χ0n) is 9.50. The van der Waals surface area contributed by atoms with E-state index in [4.69, 9.17) is 17.0 Å². The lowest BCUT2D eigenvalue weighted by atomic mass is 10.3. The monoisotopic (exact) mass is 299 g/mol. The first-order valence-electron chi connectivity index (χ1n) is 5.16. The molecule has 18 heavy (non-hydrogen) atoms. The third-order valence-corrected chi connectivity index (χ3v) is 3.73. The number of nitrogens with one attached hydrogen (secondary N) is 3. The number of halogens is 2. The van der Waals surface area contributed by atoms with Gasteiger partial charge in [-0.25, -0.2) is 0 Å². The topological polar surface area (TPSA) is 55.4 Å². The highest BCUT2D eigenvalue weighted by molar-refractivity contribution is 7.05. The molecule has 0 saturated carbocycles. The minimum Gasteiger partial charge on any atom is -0.358 e. The molecular weight excluding hydrogens is 289 g/mol. The van der Waals surface area contributed by atoms with Crippen LogP contribution >= 0.6 is 35.5 Å². The number of H-pyrrole nitrogens is 2. The summed E-state index contributed by atoms with van der Waals surface area (Å²) >= 11 is 7.51. The van der Waals surface area contributed by atoms with Crippen molar-refractivity contribution in [3.05, 3.63) is 39.7 Å². The van der Waals surface area contributed by atoms with Gasteiger partial charge in [-0.15, -0.1) is 12.4 Å². The molecule has 3 aromatic rings. The maximum Gasteiger partial charge on any atom is 0.0875 e. The molecule has 0 aliphatic carbocycles. The van der Waals surface area contributed by atoms with E-state index in [0.29, 0.717) is 10.4 Å². The predicted octanol–water partition coefficient (Wildman–Crippen LogP) is 4.14. The summed E-state index contributed by atoms with van der Waals surface area (Å²) < 4.78 is 3.27. The van der Waals surface area contributed by atoms with Crippen molar-refractivity contribution < 1.29 is 0 Å². The molecule has 0 saturated heterocycles.